The number of rotatable bonds is 6. The highest BCUT2D eigenvalue weighted by Gasteiger charge is 2.14. The molecule has 0 spiro atoms. The van der Waals surface area contributed by atoms with Crippen LogP contribution in [0.4, 0.5) is 0 Å². The average Bonchev–Trinajstić information content (AvgIpc) is 2.46. The van der Waals surface area contributed by atoms with E-state index in [1.807, 2.05) is 6.20 Å². The summed E-state index contributed by atoms with van der Waals surface area (Å²) in [5, 5.41) is 3.52. The molecule has 2 heterocycles. The van der Waals surface area contributed by atoms with E-state index < -0.39 is 0 Å². The minimum absolute atomic E-state index is 0.287. The first-order valence-electron chi connectivity index (χ1n) is 7.47. The van der Waals surface area contributed by atoms with Crippen molar-refractivity contribution in [3.8, 4) is 0 Å². The van der Waals surface area contributed by atoms with Gasteiger partial charge in [0.25, 0.3) is 0 Å². The van der Waals surface area contributed by atoms with E-state index in [9.17, 15) is 0 Å². The topological polar surface area (TPSA) is 41.0 Å². The predicted octanol–water partition coefficient (Wildman–Crippen LogP) is 2.25. The van der Waals surface area contributed by atoms with Crippen molar-refractivity contribution >= 4 is 0 Å². The Balaban J connectivity index is 1.59. The zero-order chi connectivity index (χ0) is 13.5. The van der Waals surface area contributed by atoms with E-state index in [2.05, 4.69) is 34.0 Å². The Morgan fingerprint density at radius 3 is 2.84 bits per heavy atom. The molecule has 19 heavy (non-hydrogen) atoms. The van der Waals surface area contributed by atoms with Gasteiger partial charge in [0.2, 0.25) is 0 Å². The van der Waals surface area contributed by atoms with Crippen molar-refractivity contribution in [1.29, 1.82) is 0 Å². The molecular formula is C15H26N4. The predicted molar refractivity (Wildman–Crippen MR) is 77.9 cm³/mol. The molecule has 1 unspecified atom stereocenters. The lowest BCUT2D eigenvalue weighted by Gasteiger charge is -2.30. The molecule has 1 atom stereocenters. The quantitative estimate of drug-likeness (QED) is 0.798. The van der Waals surface area contributed by atoms with Crippen molar-refractivity contribution < 1.29 is 0 Å². The molecule has 106 valence electrons. The van der Waals surface area contributed by atoms with Crippen LogP contribution in [-0.2, 0) is 0 Å². The second-order valence-electron chi connectivity index (χ2n) is 5.68. The van der Waals surface area contributed by atoms with E-state index in [1.165, 1.54) is 38.9 Å². The molecule has 0 bridgehead atoms. The molecule has 1 N–H and O–H groups in total. The maximum atomic E-state index is 4.32. The number of nitrogens with one attached hydrogen (secondary N) is 1. The summed E-state index contributed by atoms with van der Waals surface area (Å²) in [5.41, 5.74) is 1.02. The summed E-state index contributed by atoms with van der Waals surface area (Å²) in [6, 6.07) is 0.287. The van der Waals surface area contributed by atoms with Gasteiger partial charge in [-0.3, -0.25) is 9.97 Å². The molecule has 1 saturated heterocycles. The van der Waals surface area contributed by atoms with Crippen LogP contribution in [0.2, 0.25) is 0 Å². The average molecular weight is 262 g/mol. The summed E-state index contributed by atoms with van der Waals surface area (Å²) >= 11 is 0. The maximum absolute atomic E-state index is 4.32. The van der Waals surface area contributed by atoms with Crippen LogP contribution in [0.25, 0.3) is 0 Å². The van der Waals surface area contributed by atoms with Gasteiger partial charge in [-0.15, -0.1) is 0 Å². The van der Waals surface area contributed by atoms with Crippen LogP contribution in [0.5, 0.6) is 0 Å². The van der Waals surface area contributed by atoms with Crippen molar-refractivity contribution in [2.24, 2.45) is 5.92 Å². The summed E-state index contributed by atoms with van der Waals surface area (Å²) in [6.45, 7) is 9.33. The fourth-order valence-corrected chi connectivity index (χ4v) is 2.55. The molecule has 1 aromatic rings. The van der Waals surface area contributed by atoms with Gasteiger partial charge < -0.3 is 10.2 Å². The maximum Gasteiger partial charge on any atom is 0.0753 e. The van der Waals surface area contributed by atoms with Crippen LogP contribution in [-0.4, -0.2) is 41.0 Å². The van der Waals surface area contributed by atoms with Gasteiger partial charge in [-0.1, -0.05) is 6.92 Å². The number of likely N-dealkylation sites (tertiary alicyclic amines) is 1. The van der Waals surface area contributed by atoms with E-state index in [1.54, 1.807) is 12.4 Å². The van der Waals surface area contributed by atoms with Crippen LogP contribution in [0.1, 0.15) is 44.8 Å². The summed E-state index contributed by atoms with van der Waals surface area (Å²) < 4.78 is 0. The molecule has 4 heteroatoms. The minimum Gasteiger partial charge on any atom is -0.309 e. The molecule has 1 aromatic heterocycles. The Hall–Kier alpha value is -1.00. The van der Waals surface area contributed by atoms with Crippen LogP contribution < -0.4 is 5.32 Å². The van der Waals surface area contributed by atoms with Crippen molar-refractivity contribution in [1.82, 2.24) is 20.2 Å². The molecule has 1 aliphatic heterocycles. The minimum atomic E-state index is 0.287. The lowest BCUT2D eigenvalue weighted by molar-refractivity contribution is 0.190. The summed E-state index contributed by atoms with van der Waals surface area (Å²) in [7, 11) is 0. The molecule has 0 aromatic carbocycles. The molecule has 0 saturated carbocycles. The molecule has 1 aliphatic rings. The number of aromatic nitrogens is 2. The van der Waals surface area contributed by atoms with Crippen molar-refractivity contribution in [2.75, 3.05) is 26.2 Å². The van der Waals surface area contributed by atoms with Crippen molar-refractivity contribution in [3.05, 3.63) is 24.3 Å². The van der Waals surface area contributed by atoms with Gasteiger partial charge in [-0.2, -0.15) is 0 Å². The van der Waals surface area contributed by atoms with Crippen LogP contribution >= 0.6 is 0 Å². The van der Waals surface area contributed by atoms with Gasteiger partial charge in [-0.05, 0) is 58.3 Å². The molecule has 0 aliphatic carbocycles. The number of piperidine rings is 1. The van der Waals surface area contributed by atoms with E-state index in [0.29, 0.717) is 0 Å². The van der Waals surface area contributed by atoms with Crippen LogP contribution in [0.15, 0.2) is 18.6 Å². The molecule has 1 fully saturated rings. The zero-order valence-electron chi connectivity index (χ0n) is 12.2. The SMILES string of the molecule is CC1CCN(CCCNC(C)c2cnccn2)CC1. The Bertz CT molecular complexity index is 346. The summed E-state index contributed by atoms with van der Waals surface area (Å²) in [4.78, 5) is 11.0. The van der Waals surface area contributed by atoms with Crippen molar-refractivity contribution in [3.63, 3.8) is 0 Å². The second-order valence-corrected chi connectivity index (χ2v) is 5.68. The lowest BCUT2D eigenvalue weighted by atomic mass is 9.99. The smallest absolute Gasteiger partial charge is 0.0753 e. The normalized spacial score (nSPS) is 19.5. The Kier molecular flexibility index (Phi) is 5.73. The van der Waals surface area contributed by atoms with Crippen molar-refractivity contribution in [2.45, 2.75) is 39.2 Å². The Labute approximate surface area is 116 Å². The molecule has 0 radical (unpaired) electrons. The van der Waals surface area contributed by atoms with E-state index in [0.717, 1.165) is 18.2 Å². The molecule has 2 rings (SSSR count). The number of nitrogens with zero attached hydrogens (tertiary/aromatic N) is 3. The Morgan fingerprint density at radius 1 is 1.37 bits per heavy atom. The van der Waals surface area contributed by atoms with E-state index in [4.69, 9.17) is 0 Å². The van der Waals surface area contributed by atoms with E-state index in [-0.39, 0.29) is 6.04 Å². The highest BCUT2D eigenvalue weighted by molar-refractivity contribution is 5.00. The third-order valence-corrected chi connectivity index (χ3v) is 4.00. The van der Waals surface area contributed by atoms with Gasteiger partial charge in [0.1, 0.15) is 0 Å². The van der Waals surface area contributed by atoms with Crippen LogP contribution in [0, 0.1) is 5.92 Å². The monoisotopic (exact) mass is 262 g/mol. The van der Waals surface area contributed by atoms with E-state index >= 15 is 0 Å². The Morgan fingerprint density at radius 2 is 2.16 bits per heavy atom. The first kappa shape index (κ1) is 14.4. The number of hydrogen-bond acceptors (Lipinski definition) is 4. The summed E-state index contributed by atoms with van der Waals surface area (Å²) in [5.74, 6) is 0.922. The first-order chi connectivity index (χ1) is 9.25. The fourth-order valence-electron chi connectivity index (χ4n) is 2.55. The lowest BCUT2D eigenvalue weighted by Crippen LogP contribution is -2.35. The van der Waals surface area contributed by atoms with Crippen LogP contribution in [0.3, 0.4) is 0 Å². The molecular weight excluding hydrogens is 236 g/mol. The van der Waals surface area contributed by atoms with Gasteiger partial charge in [-0.25, -0.2) is 0 Å². The molecule has 0 amide bonds. The third kappa shape index (κ3) is 4.88. The zero-order valence-corrected chi connectivity index (χ0v) is 12.2. The largest absolute Gasteiger partial charge is 0.309 e. The standard InChI is InChI=1S/C15H26N4/c1-13-4-10-19(11-5-13)9-3-6-17-14(2)15-12-16-7-8-18-15/h7-8,12-14,17H,3-6,9-11H2,1-2H3. The van der Waals surface area contributed by atoms with Gasteiger partial charge in [0.15, 0.2) is 0 Å². The van der Waals surface area contributed by atoms with Gasteiger partial charge in [0, 0.05) is 24.6 Å². The fraction of sp³-hybridized carbons (Fsp3) is 0.733. The highest BCUT2D eigenvalue weighted by Crippen LogP contribution is 2.15. The second kappa shape index (κ2) is 7.56. The summed E-state index contributed by atoms with van der Waals surface area (Å²) in [6.07, 6.45) is 9.24. The van der Waals surface area contributed by atoms with Gasteiger partial charge in [0.05, 0.1) is 5.69 Å². The first-order valence-corrected chi connectivity index (χ1v) is 7.47. The third-order valence-electron chi connectivity index (χ3n) is 4.00. The number of hydrogen-bond donors (Lipinski definition) is 1. The highest BCUT2D eigenvalue weighted by atomic mass is 15.1. The van der Waals surface area contributed by atoms with Gasteiger partial charge >= 0.3 is 0 Å². The molecule has 4 nitrogen and oxygen atoms in total.